The molecule has 18 rings (SSSR count). The van der Waals surface area contributed by atoms with Gasteiger partial charge in [0.2, 0.25) is 0 Å². The highest BCUT2D eigenvalue weighted by atomic mass is 16.3. The third kappa shape index (κ3) is 8.93. The van der Waals surface area contributed by atoms with Gasteiger partial charge in [-0.3, -0.25) is 0 Å². The maximum atomic E-state index is 6.85. The van der Waals surface area contributed by atoms with Gasteiger partial charge >= 0.3 is 0 Å². The van der Waals surface area contributed by atoms with Gasteiger partial charge in [0.25, 0.3) is 0 Å². The number of hydrogen-bond acceptors (Lipinski definition) is 5. The maximum absolute atomic E-state index is 6.85. The van der Waals surface area contributed by atoms with E-state index < -0.39 is 0 Å². The summed E-state index contributed by atoms with van der Waals surface area (Å²) in [5.41, 5.74) is 22.4. The molecule has 15 aromatic carbocycles. The molecule has 18 aromatic rings. The van der Waals surface area contributed by atoms with Crippen molar-refractivity contribution in [2.45, 2.75) is 0 Å². The minimum Gasteiger partial charge on any atom is -0.455 e. The van der Waals surface area contributed by atoms with Gasteiger partial charge in [0.15, 0.2) is 0 Å². The average molecular weight is 1160 g/mol. The van der Waals surface area contributed by atoms with Crippen LogP contribution in [0.3, 0.4) is 0 Å². The molecule has 426 valence electrons. The molecule has 0 saturated carbocycles. The van der Waals surface area contributed by atoms with Crippen LogP contribution in [-0.2, 0) is 0 Å². The first-order valence-corrected chi connectivity index (χ1v) is 30.9. The third-order valence-corrected chi connectivity index (χ3v) is 18.2. The van der Waals surface area contributed by atoms with Crippen molar-refractivity contribution >= 4 is 121 Å². The highest BCUT2D eigenvalue weighted by molar-refractivity contribution is 6.13. The van der Waals surface area contributed by atoms with Crippen LogP contribution in [0.25, 0.3) is 143 Å². The quantitative estimate of drug-likeness (QED) is 0.129. The summed E-state index contributed by atoms with van der Waals surface area (Å²) in [4.78, 5) is 4.74. The van der Waals surface area contributed by atoms with Crippen LogP contribution < -0.4 is 9.80 Å². The lowest BCUT2D eigenvalue weighted by atomic mass is 9.94. The van der Waals surface area contributed by atoms with Gasteiger partial charge in [0, 0.05) is 83.0 Å². The van der Waals surface area contributed by atoms with E-state index >= 15 is 0 Å². The SMILES string of the molecule is c1ccc(-c2ccccc2N(c2ccc(-c3cc(-c4ccc5ccc(N(c6ccc(-c7cccc8c7oc7ccccc78)cc6)c6ccc(-c7cccc8c7oc7ccccc78)cc6)cc5c4)cc4c3oc3ccccc34)cc2)c2ccc3ccccc3c2)cc1. The van der Waals surface area contributed by atoms with Gasteiger partial charge in [-0.2, -0.15) is 0 Å². The van der Waals surface area contributed by atoms with Crippen LogP contribution in [0.15, 0.2) is 341 Å². The fraction of sp³-hybridized carbons (Fsp3) is 0. The Morgan fingerprint density at radius 1 is 0.187 bits per heavy atom. The first kappa shape index (κ1) is 52.0. The van der Waals surface area contributed by atoms with E-state index in [0.717, 1.165) is 166 Å². The summed E-state index contributed by atoms with van der Waals surface area (Å²) in [7, 11) is 0. The Balaban J connectivity index is 0.747. The molecule has 0 spiro atoms. The van der Waals surface area contributed by atoms with Crippen LogP contribution in [0.5, 0.6) is 0 Å². The second-order valence-electron chi connectivity index (χ2n) is 23.5. The monoisotopic (exact) mass is 1160 g/mol. The zero-order valence-corrected chi connectivity index (χ0v) is 49.3. The van der Waals surface area contributed by atoms with E-state index in [0.29, 0.717) is 0 Å². The molecule has 3 aromatic heterocycles. The number of para-hydroxylation sites is 6. The fourth-order valence-corrected chi connectivity index (χ4v) is 13.8. The standard InChI is InChI=1S/C86H54N2O3/c1-2-17-57(18-3-1)70-20-6-10-28-80(70)88(69-49-34-55-16-4-5-19-61(55)51-69)67-46-40-60(41-47-67)78-53-64(54-79-75-23-9-13-31-83(75)91-86(78)79)62-33-32-56-35-48-68(52-63(56)50-62)87(65-42-36-58(37-43-65)71-24-14-26-76-73-21-7-11-29-81(73)89-84(71)76)66-44-38-59(39-45-66)72-25-15-27-77-74-22-8-12-30-82(74)90-85(72)77/h1-54H. The minimum atomic E-state index is 0.856. The first-order valence-electron chi connectivity index (χ1n) is 30.9. The molecule has 0 unspecified atom stereocenters. The number of anilines is 6. The van der Waals surface area contributed by atoms with Gasteiger partial charge in [0.1, 0.15) is 33.5 Å². The highest BCUT2D eigenvalue weighted by Gasteiger charge is 2.22. The Labute approximate surface area is 524 Å². The van der Waals surface area contributed by atoms with Crippen LogP contribution in [0.1, 0.15) is 0 Å². The molecule has 3 heterocycles. The molecular weight excluding hydrogens is 1110 g/mol. The summed E-state index contributed by atoms with van der Waals surface area (Å²) in [6, 6.07) is 117. The van der Waals surface area contributed by atoms with Gasteiger partial charge in [-0.15, -0.1) is 0 Å². The van der Waals surface area contributed by atoms with Crippen LogP contribution >= 0.6 is 0 Å². The second-order valence-corrected chi connectivity index (χ2v) is 23.5. The zero-order valence-electron chi connectivity index (χ0n) is 49.3. The zero-order chi connectivity index (χ0) is 59.9. The molecule has 0 aliphatic carbocycles. The Morgan fingerprint density at radius 3 is 1.19 bits per heavy atom. The highest BCUT2D eigenvalue weighted by Crippen LogP contribution is 2.47. The Bertz CT molecular complexity index is 5680. The van der Waals surface area contributed by atoms with E-state index in [1.54, 1.807) is 0 Å². The van der Waals surface area contributed by atoms with Gasteiger partial charge in [-0.05, 0) is 158 Å². The van der Waals surface area contributed by atoms with E-state index in [1.807, 2.05) is 30.3 Å². The molecule has 91 heavy (non-hydrogen) atoms. The fourth-order valence-electron chi connectivity index (χ4n) is 13.8. The molecule has 0 aliphatic rings. The van der Waals surface area contributed by atoms with Gasteiger partial charge in [0.05, 0.1) is 5.69 Å². The van der Waals surface area contributed by atoms with E-state index in [9.17, 15) is 0 Å². The molecule has 0 bridgehead atoms. The number of nitrogens with zero attached hydrogens (tertiary/aromatic N) is 2. The van der Waals surface area contributed by atoms with Crippen molar-refractivity contribution in [3.63, 3.8) is 0 Å². The van der Waals surface area contributed by atoms with E-state index in [4.69, 9.17) is 13.3 Å². The first-order chi connectivity index (χ1) is 45.1. The number of hydrogen-bond donors (Lipinski definition) is 0. The average Bonchev–Trinajstić information content (AvgIpc) is 1.93. The van der Waals surface area contributed by atoms with E-state index in [1.165, 1.54) is 10.8 Å². The molecule has 0 aliphatic heterocycles. The van der Waals surface area contributed by atoms with Gasteiger partial charge in [-0.1, -0.05) is 224 Å². The topological polar surface area (TPSA) is 45.9 Å². The van der Waals surface area contributed by atoms with Crippen molar-refractivity contribution in [2.75, 3.05) is 9.80 Å². The molecule has 0 radical (unpaired) electrons. The smallest absolute Gasteiger partial charge is 0.143 e. The molecular formula is C86H54N2O3. The number of benzene rings is 15. The minimum absolute atomic E-state index is 0.856. The molecule has 0 N–H and O–H groups in total. The Hall–Kier alpha value is -12.2. The molecule has 0 fully saturated rings. The maximum Gasteiger partial charge on any atom is 0.143 e. The van der Waals surface area contributed by atoms with E-state index in [-0.39, 0.29) is 0 Å². The van der Waals surface area contributed by atoms with Crippen LogP contribution in [0, 0.1) is 0 Å². The summed E-state index contributed by atoms with van der Waals surface area (Å²) >= 11 is 0. The van der Waals surface area contributed by atoms with Gasteiger partial charge in [-0.25, -0.2) is 0 Å². The molecule has 0 saturated heterocycles. The molecule has 0 atom stereocenters. The number of furan rings is 3. The number of rotatable bonds is 11. The lowest BCUT2D eigenvalue weighted by Gasteiger charge is -2.28. The lowest BCUT2D eigenvalue weighted by Crippen LogP contribution is -2.11. The van der Waals surface area contributed by atoms with Crippen LogP contribution in [0.2, 0.25) is 0 Å². The predicted octanol–water partition coefficient (Wildman–Crippen LogP) is 25.0. The number of fused-ring (bicyclic) bond motifs is 11. The summed E-state index contributed by atoms with van der Waals surface area (Å²) < 4.78 is 19.9. The van der Waals surface area contributed by atoms with Crippen molar-refractivity contribution in [3.05, 3.63) is 328 Å². The molecule has 0 amide bonds. The van der Waals surface area contributed by atoms with E-state index in [2.05, 4.69) is 307 Å². The van der Waals surface area contributed by atoms with Crippen molar-refractivity contribution in [2.24, 2.45) is 0 Å². The van der Waals surface area contributed by atoms with Crippen LogP contribution in [0.4, 0.5) is 34.1 Å². The summed E-state index contributed by atoms with van der Waals surface area (Å²) in [6.07, 6.45) is 0. The summed E-state index contributed by atoms with van der Waals surface area (Å²) in [5.74, 6) is 0. The van der Waals surface area contributed by atoms with Crippen molar-refractivity contribution < 1.29 is 13.3 Å². The second kappa shape index (κ2) is 21.3. The normalized spacial score (nSPS) is 11.7. The Kier molecular flexibility index (Phi) is 12.2. The van der Waals surface area contributed by atoms with Crippen LogP contribution in [-0.4, -0.2) is 0 Å². The molecule has 5 heteroatoms. The summed E-state index contributed by atoms with van der Waals surface area (Å²) in [5, 5.41) is 11.3. The third-order valence-electron chi connectivity index (χ3n) is 18.2. The largest absolute Gasteiger partial charge is 0.455 e. The van der Waals surface area contributed by atoms with Crippen molar-refractivity contribution in [1.82, 2.24) is 0 Å². The van der Waals surface area contributed by atoms with Crippen molar-refractivity contribution in [3.8, 4) is 55.6 Å². The van der Waals surface area contributed by atoms with Gasteiger partial charge < -0.3 is 23.1 Å². The lowest BCUT2D eigenvalue weighted by molar-refractivity contribution is 0.669. The molecule has 5 nitrogen and oxygen atoms in total. The predicted molar refractivity (Wildman–Crippen MR) is 380 cm³/mol. The Morgan fingerprint density at radius 2 is 0.582 bits per heavy atom. The summed E-state index contributed by atoms with van der Waals surface area (Å²) in [6.45, 7) is 0. The van der Waals surface area contributed by atoms with Crippen molar-refractivity contribution in [1.29, 1.82) is 0 Å².